The van der Waals surface area contributed by atoms with Gasteiger partial charge in [-0.3, -0.25) is 0 Å². The van der Waals surface area contributed by atoms with Gasteiger partial charge in [-0.2, -0.15) is 0 Å². The van der Waals surface area contributed by atoms with Crippen LogP contribution in [0, 0.1) is 5.92 Å². The maximum Gasteiger partial charge on any atom is 0.180 e. The Labute approximate surface area is 94.4 Å². The number of nitrogens with one attached hydrogen (secondary N) is 1. The molecule has 82 valence electrons. The molecule has 15 heavy (non-hydrogen) atoms. The van der Waals surface area contributed by atoms with Crippen LogP contribution in [0.15, 0.2) is 23.1 Å². The zero-order valence-corrected chi connectivity index (χ0v) is 9.90. The summed E-state index contributed by atoms with van der Waals surface area (Å²) in [7, 11) is -3.17. The molecule has 3 nitrogen and oxygen atoms in total. The van der Waals surface area contributed by atoms with Gasteiger partial charge in [0.15, 0.2) is 9.84 Å². The molecule has 1 atom stereocenters. The SMILES string of the molecule is CC1CNc2cc(Cl)ccc2S(=O)(=O)C1. The van der Waals surface area contributed by atoms with E-state index in [-0.39, 0.29) is 11.7 Å². The van der Waals surface area contributed by atoms with Gasteiger partial charge in [-0.15, -0.1) is 0 Å². The Hall–Kier alpha value is -0.740. The highest BCUT2D eigenvalue weighted by Gasteiger charge is 2.25. The van der Waals surface area contributed by atoms with E-state index in [0.717, 1.165) is 0 Å². The summed E-state index contributed by atoms with van der Waals surface area (Å²) in [6.45, 7) is 2.57. The summed E-state index contributed by atoms with van der Waals surface area (Å²) in [5.41, 5.74) is 0.617. The lowest BCUT2D eigenvalue weighted by Gasteiger charge is -2.07. The molecule has 1 unspecified atom stereocenters. The van der Waals surface area contributed by atoms with Gasteiger partial charge < -0.3 is 5.32 Å². The second-order valence-electron chi connectivity index (χ2n) is 3.91. The van der Waals surface area contributed by atoms with Crippen LogP contribution in [0.3, 0.4) is 0 Å². The van der Waals surface area contributed by atoms with Crippen LogP contribution in [0.5, 0.6) is 0 Å². The van der Waals surface area contributed by atoms with Crippen molar-refractivity contribution >= 4 is 27.1 Å². The lowest BCUT2D eigenvalue weighted by Crippen LogP contribution is -2.15. The Morgan fingerprint density at radius 3 is 2.93 bits per heavy atom. The largest absolute Gasteiger partial charge is 0.384 e. The summed E-state index contributed by atoms with van der Waals surface area (Å²) in [5, 5.41) is 3.65. The van der Waals surface area contributed by atoms with E-state index in [4.69, 9.17) is 11.6 Å². The monoisotopic (exact) mass is 245 g/mol. The molecule has 1 aromatic carbocycles. The zero-order valence-electron chi connectivity index (χ0n) is 8.33. The minimum absolute atomic E-state index is 0.112. The van der Waals surface area contributed by atoms with Crippen molar-refractivity contribution in [3.63, 3.8) is 0 Å². The van der Waals surface area contributed by atoms with Gasteiger partial charge in [0, 0.05) is 11.6 Å². The molecule has 5 heteroatoms. The van der Waals surface area contributed by atoms with Gasteiger partial charge in [-0.05, 0) is 24.1 Å². The van der Waals surface area contributed by atoms with Crippen molar-refractivity contribution in [2.24, 2.45) is 5.92 Å². The highest BCUT2D eigenvalue weighted by Crippen LogP contribution is 2.29. The quantitative estimate of drug-likeness (QED) is 0.762. The van der Waals surface area contributed by atoms with Crippen molar-refractivity contribution in [2.75, 3.05) is 17.6 Å². The molecular formula is C10H12ClNO2S. The molecule has 0 saturated carbocycles. The molecule has 1 aromatic rings. The number of fused-ring (bicyclic) bond motifs is 1. The Morgan fingerprint density at radius 2 is 2.20 bits per heavy atom. The Morgan fingerprint density at radius 1 is 1.47 bits per heavy atom. The molecule has 1 heterocycles. The van der Waals surface area contributed by atoms with E-state index in [0.29, 0.717) is 22.2 Å². The first kappa shape index (κ1) is 10.8. The number of hydrogen-bond donors (Lipinski definition) is 1. The predicted octanol–water partition coefficient (Wildman–Crippen LogP) is 2.18. The third-order valence-corrected chi connectivity index (χ3v) is 4.69. The molecule has 1 N–H and O–H groups in total. The first-order valence-corrected chi connectivity index (χ1v) is 6.78. The first-order chi connectivity index (χ1) is 6.99. The van der Waals surface area contributed by atoms with E-state index in [9.17, 15) is 8.42 Å². The number of benzene rings is 1. The molecule has 0 aliphatic carbocycles. The van der Waals surface area contributed by atoms with Gasteiger partial charge in [-0.1, -0.05) is 18.5 Å². The van der Waals surface area contributed by atoms with Gasteiger partial charge in [-0.25, -0.2) is 8.42 Å². The van der Waals surface area contributed by atoms with Crippen LogP contribution in [0.4, 0.5) is 5.69 Å². The maximum absolute atomic E-state index is 11.9. The topological polar surface area (TPSA) is 46.2 Å². The summed E-state index contributed by atoms with van der Waals surface area (Å²) in [4.78, 5) is 0.358. The molecule has 0 bridgehead atoms. The average molecular weight is 246 g/mol. The molecular weight excluding hydrogens is 234 g/mol. The van der Waals surface area contributed by atoms with Gasteiger partial charge in [0.1, 0.15) is 0 Å². The first-order valence-electron chi connectivity index (χ1n) is 4.75. The van der Waals surface area contributed by atoms with Crippen LogP contribution in [0.2, 0.25) is 5.02 Å². The molecule has 0 amide bonds. The van der Waals surface area contributed by atoms with Crippen LogP contribution < -0.4 is 5.32 Å². The van der Waals surface area contributed by atoms with Gasteiger partial charge in [0.2, 0.25) is 0 Å². The van der Waals surface area contributed by atoms with Crippen molar-refractivity contribution in [2.45, 2.75) is 11.8 Å². The molecule has 1 aliphatic heterocycles. The number of halogens is 1. The lowest BCUT2D eigenvalue weighted by atomic mass is 10.2. The fourth-order valence-corrected chi connectivity index (χ4v) is 3.68. The molecule has 0 saturated heterocycles. The van der Waals surface area contributed by atoms with Crippen molar-refractivity contribution in [1.29, 1.82) is 0 Å². The minimum Gasteiger partial charge on any atom is -0.384 e. The fourth-order valence-electron chi connectivity index (χ4n) is 1.72. The third-order valence-electron chi connectivity index (χ3n) is 2.42. The molecule has 2 rings (SSSR count). The summed E-state index contributed by atoms with van der Waals surface area (Å²) in [5.74, 6) is 0.301. The Bertz CT molecular complexity index is 484. The van der Waals surface area contributed by atoms with Crippen molar-refractivity contribution < 1.29 is 8.42 Å². The number of sulfone groups is 1. The van der Waals surface area contributed by atoms with E-state index in [1.54, 1.807) is 18.2 Å². The predicted molar refractivity (Wildman–Crippen MR) is 61.2 cm³/mol. The van der Waals surface area contributed by atoms with E-state index < -0.39 is 9.84 Å². The molecule has 0 aromatic heterocycles. The highest BCUT2D eigenvalue weighted by atomic mass is 35.5. The number of anilines is 1. The fraction of sp³-hybridized carbons (Fsp3) is 0.400. The van der Waals surface area contributed by atoms with Crippen LogP contribution in [0.1, 0.15) is 6.92 Å². The summed E-state index contributed by atoms with van der Waals surface area (Å²) >= 11 is 5.82. The Balaban J connectivity index is 2.58. The van der Waals surface area contributed by atoms with E-state index >= 15 is 0 Å². The van der Waals surface area contributed by atoms with Crippen molar-refractivity contribution in [3.05, 3.63) is 23.2 Å². The smallest absolute Gasteiger partial charge is 0.180 e. The maximum atomic E-state index is 11.9. The Kier molecular flexibility index (Phi) is 2.64. The van der Waals surface area contributed by atoms with Crippen molar-refractivity contribution in [1.82, 2.24) is 0 Å². The third kappa shape index (κ3) is 2.11. The van der Waals surface area contributed by atoms with Crippen LogP contribution in [-0.2, 0) is 9.84 Å². The van der Waals surface area contributed by atoms with Gasteiger partial charge in [0.05, 0.1) is 16.3 Å². The van der Waals surface area contributed by atoms with Crippen LogP contribution >= 0.6 is 11.6 Å². The zero-order chi connectivity index (χ0) is 11.1. The summed E-state index contributed by atoms with van der Waals surface area (Å²) < 4.78 is 23.9. The normalized spacial score (nSPS) is 23.7. The minimum atomic E-state index is -3.17. The van der Waals surface area contributed by atoms with E-state index in [1.807, 2.05) is 6.92 Å². The lowest BCUT2D eigenvalue weighted by molar-refractivity contribution is 0.582. The van der Waals surface area contributed by atoms with E-state index in [2.05, 4.69) is 5.32 Å². The average Bonchev–Trinajstić information content (AvgIpc) is 2.23. The van der Waals surface area contributed by atoms with Crippen LogP contribution in [0.25, 0.3) is 0 Å². The highest BCUT2D eigenvalue weighted by molar-refractivity contribution is 7.91. The standard InChI is InChI=1S/C10H12ClNO2S/c1-7-5-12-9-4-8(11)2-3-10(9)15(13,14)6-7/h2-4,7,12H,5-6H2,1H3. The summed E-state index contributed by atoms with van der Waals surface area (Å²) in [6.07, 6.45) is 0. The van der Waals surface area contributed by atoms with E-state index in [1.165, 1.54) is 0 Å². The van der Waals surface area contributed by atoms with Crippen LogP contribution in [-0.4, -0.2) is 20.7 Å². The number of rotatable bonds is 0. The number of hydrogen-bond acceptors (Lipinski definition) is 3. The molecule has 0 radical (unpaired) electrons. The van der Waals surface area contributed by atoms with Gasteiger partial charge in [0.25, 0.3) is 0 Å². The molecule has 0 fully saturated rings. The van der Waals surface area contributed by atoms with Crippen molar-refractivity contribution in [3.8, 4) is 0 Å². The second-order valence-corrected chi connectivity index (χ2v) is 6.35. The van der Waals surface area contributed by atoms with Gasteiger partial charge >= 0.3 is 0 Å². The second kappa shape index (κ2) is 3.68. The molecule has 1 aliphatic rings. The molecule has 0 spiro atoms. The summed E-state index contributed by atoms with van der Waals surface area (Å²) in [6, 6.07) is 4.83.